The third-order valence-corrected chi connectivity index (χ3v) is 5.04. The molecule has 0 unspecified atom stereocenters. The molecule has 7 nitrogen and oxygen atoms in total. The first-order valence-corrected chi connectivity index (χ1v) is 10.2. The first-order valence-electron chi connectivity index (χ1n) is 9.00. The van der Waals surface area contributed by atoms with Crippen LogP contribution in [0, 0.1) is 6.92 Å². The van der Waals surface area contributed by atoms with Gasteiger partial charge < -0.3 is 9.88 Å². The Morgan fingerprint density at radius 3 is 2.57 bits per heavy atom. The fourth-order valence-electron chi connectivity index (χ4n) is 3.17. The van der Waals surface area contributed by atoms with Crippen LogP contribution in [0.3, 0.4) is 0 Å². The molecule has 0 atom stereocenters. The topological polar surface area (TPSA) is 81.4 Å². The number of anilines is 2. The Balaban J connectivity index is 1.64. The van der Waals surface area contributed by atoms with Crippen molar-refractivity contribution in [2.45, 2.75) is 31.8 Å². The zero-order valence-electron chi connectivity index (χ0n) is 16.2. The van der Waals surface area contributed by atoms with Gasteiger partial charge >= 0.3 is 0 Å². The normalized spacial score (nSPS) is 11.3. The van der Waals surface area contributed by atoms with E-state index in [1.165, 1.54) is 0 Å². The maximum atomic E-state index is 4.61. The number of hydrogen-bond acceptors (Lipinski definition) is 7. The van der Waals surface area contributed by atoms with Crippen LogP contribution >= 0.6 is 11.8 Å². The zero-order valence-corrected chi connectivity index (χ0v) is 17.0. The van der Waals surface area contributed by atoms with Gasteiger partial charge in [0.2, 0.25) is 0 Å². The lowest BCUT2D eigenvalue weighted by molar-refractivity contribution is 0.600. The predicted molar refractivity (Wildman–Crippen MR) is 113 cm³/mol. The standard InChI is InChI=1S/C20H21N7S/c1-12(2)27-13(3)24-15-11-22-18(9-16(15)27)25-17-7-8-21-20(26-17)14-5-6-19(28-4)23-10-14/h5-12H,1-4H3,(H,21,22,25,26). The fraction of sp³-hybridized carbons (Fsp3) is 0.250. The Kier molecular flexibility index (Phi) is 4.95. The van der Waals surface area contributed by atoms with Gasteiger partial charge in [-0.15, -0.1) is 11.8 Å². The molecule has 0 saturated carbocycles. The summed E-state index contributed by atoms with van der Waals surface area (Å²) in [6, 6.07) is 8.10. The van der Waals surface area contributed by atoms with Gasteiger partial charge in [0.25, 0.3) is 0 Å². The summed E-state index contributed by atoms with van der Waals surface area (Å²) < 4.78 is 2.20. The second-order valence-corrected chi connectivity index (χ2v) is 7.49. The Hall–Kier alpha value is -3.00. The van der Waals surface area contributed by atoms with Crippen LogP contribution in [-0.4, -0.2) is 35.7 Å². The van der Waals surface area contributed by atoms with Gasteiger partial charge in [-0.2, -0.15) is 0 Å². The van der Waals surface area contributed by atoms with E-state index in [1.807, 2.05) is 37.4 Å². The monoisotopic (exact) mass is 391 g/mol. The van der Waals surface area contributed by atoms with Gasteiger partial charge in [-0.05, 0) is 45.2 Å². The lowest BCUT2D eigenvalue weighted by atomic mass is 10.2. The molecule has 4 rings (SSSR count). The van der Waals surface area contributed by atoms with Crippen LogP contribution in [0.2, 0.25) is 0 Å². The number of pyridine rings is 2. The van der Waals surface area contributed by atoms with Gasteiger partial charge in [0.05, 0.1) is 16.7 Å². The van der Waals surface area contributed by atoms with E-state index < -0.39 is 0 Å². The summed E-state index contributed by atoms with van der Waals surface area (Å²) in [5, 5.41) is 4.24. The van der Waals surface area contributed by atoms with E-state index in [0.29, 0.717) is 17.7 Å². The highest BCUT2D eigenvalue weighted by molar-refractivity contribution is 7.98. The van der Waals surface area contributed by atoms with E-state index in [-0.39, 0.29) is 0 Å². The number of fused-ring (bicyclic) bond motifs is 1. The van der Waals surface area contributed by atoms with Crippen LogP contribution < -0.4 is 5.32 Å². The number of nitrogens with zero attached hydrogens (tertiary/aromatic N) is 6. The number of hydrogen-bond donors (Lipinski definition) is 1. The summed E-state index contributed by atoms with van der Waals surface area (Å²) in [5.41, 5.74) is 2.81. The Morgan fingerprint density at radius 2 is 1.86 bits per heavy atom. The molecule has 4 aromatic heterocycles. The molecule has 0 aromatic carbocycles. The van der Waals surface area contributed by atoms with E-state index >= 15 is 0 Å². The van der Waals surface area contributed by atoms with Crippen LogP contribution in [0.1, 0.15) is 25.7 Å². The molecule has 0 bridgehead atoms. The number of rotatable bonds is 5. The molecule has 8 heteroatoms. The number of aromatic nitrogens is 6. The van der Waals surface area contributed by atoms with E-state index in [1.54, 1.807) is 30.4 Å². The highest BCUT2D eigenvalue weighted by Crippen LogP contribution is 2.24. The van der Waals surface area contributed by atoms with E-state index in [0.717, 1.165) is 33.3 Å². The van der Waals surface area contributed by atoms with Crippen LogP contribution in [0.5, 0.6) is 0 Å². The largest absolute Gasteiger partial charge is 0.326 e. The molecular weight excluding hydrogens is 370 g/mol. The molecule has 4 heterocycles. The molecule has 0 aliphatic rings. The SMILES string of the molecule is CSc1ccc(-c2nccc(Nc3cc4c(cn3)nc(C)n4C(C)C)n2)cn1. The van der Waals surface area contributed by atoms with Crippen molar-refractivity contribution in [3.63, 3.8) is 0 Å². The van der Waals surface area contributed by atoms with Crippen molar-refractivity contribution in [1.82, 2.24) is 29.5 Å². The Morgan fingerprint density at radius 1 is 1.00 bits per heavy atom. The minimum absolute atomic E-state index is 0.322. The number of nitrogens with one attached hydrogen (secondary N) is 1. The minimum Gasteiger partial charge on any atom is -0.326 e. The van der Waals surface area contributed by atoms with Gasteiger partial charge in [-0.3, -0.25) is 0 Å². The van der Waals surface area contributed by atoms with Gasteiger partial charge in [-0.1, -0.05) is 0 Å². The number of imidazole rings is 1. The van der Waals surface area contributed by atoms with Crippen molar-refractivity contribution >= 4 is 34.4 Å². The second kappa shape index (κ2) is 7.55. The molecule has 0 fully saturated rings. The second-order valence-electron chi connectivity index (χ2n) is 6.66. The van der Waals surface area contributed by atoms with Crippen molar-refractivity contribution in [1.29, 1.82) is 0 Å². The van der Waals surface area contributed by atoms with Crippen molar-refractivity contribution < 1.29 is 0 Å². The lowest BCUT2D eigenvalue weighted by Gasteiger charge is -2.11. The van der Waals surface area contributed by atoms with Crippen molar-refractivity contribution in [2.75, 3.05) is 11.6 Å². The van der Waals surface area contributed by atoms with Gasteiger partial charge in [-0.25, -0.2) is 24.9 Å². The van der Waals surface area contributed by atoms with Crippen LogP contribution in [0.15, 0.2) is 47.9 Å². The van der Waals surface area contributed by atoms with E-state index in [4.69, 9.17) is 0 Å². The van der Waals surface area contributed by atoms with E-state index in [2.05, 4.69) is 48.7 Å². The minimum atomic E-state index is 0.322. The average Bonchev–Trinajstić information content (AvgIpc) is 3.03. The van der Waals surface area contributed by atoms with Gasteiger partial charge in [0.1, 0.15) is 23.0 Å². The van der Waals surface area contributed by atoms with Crippen molar-refractivity contribution in [3.8, 4) is 11.4 Å². The molecule has 4 aromatic rings. The lowest BCUT2D eigenvalue weighted by Crippen LogP contribution is -2.03. The molecule has 1 N–H and O–H groups in total. The highest BCUT2D eigenvalue weighted by Gasteiger charge is 2.12. The molecule has 0 radical (unpaired) electrons. The van der Waals surface area contributed by atoms with Gasteiger partial charge in [0, 0.05) is 30.1 Å². The maximum absolute atomic E-state index is 4.61. The smallest absolute Gasteiger partial charge is 0.163 e. The van der Waals surface area contributed by atoms with Crippen molar-refractivity contribution in [2.24, 2.45) is 0 Å². The summed E-state index contributed by atoms with van der Waals surface area (Å²) in [7, 11) is 0. The molecule has 0 aliphatic heterocycles. The Labute approximate surface area is 167 Å². The molecule has 28 heavy (non-hydrogen) atoms. The first-order chi connectivity index (χ1) is 13.5. The van der Waals surface area contributed by atoms with Crippen LogP contribution in [-0.2, 0) is 0 Å². The summed E-state index contributed by atoms with van der Waals surface area (Å²) in [6.45, 7) is 6.31. The van der Waals surface area contributed by atoms with Crippen LogP contribution in [0.4, 0.5) is 11.6 Å². The molecule has 142 valence electrons. The summed E-state index contributed by atoms with van der Waals surface area (Å²) in [4.78, 5) is 22.4. The molecule has 0 aliphatic carbocycles. The first kappa shape index (κ1) is 18.4. The quantitative estimate of drug-likeness (QED) is 0.496. The third kappa shape index (κ3) is 3.55. The van der Waals surface area contributed by atoms with Crippen LogP contribution in [0.25, 0.3) is 22.4 Å². The van der Waals surface area contributed by atoms with E-state index in [9.17, 15) is 0 Å². The Bertz CT molecular complexity index is 1120. The fourth-order valence-corrected chi connectivity index (χ4v) is 3.53. The molecule has 0 amide bonds. The highest BCUT2D eigenvalue weighted by atomic mass is 32.2. The number of thioether (sulfide) groups is 1. The third-order valence-electron chi connectivity index (χ3n) is 4.38. The van der Waals surface area contributed by atoms with Gasteiger partial charge in [0.15, 0.2) is 5.82 Å². The summed E-state index contributed by atoms with van der Waals surface area (Å²) >= 11 is 1.60. The maximum Gasteiger partial charge on any atom is 0.163 e. The molecule has 0 saturated heterocycles. The predicted octanol–water partition coefficient (Wildman–Crippen LogP) is 4.64. The van der Waals surface area contributed by atoms with Crippen molar-refractivity contribution in [3.05, 3.63) is 48.7 Å². The summed E-state index contributed by atoms with van der Waals surface area (Å²) in [6.07, 6.45) is 7.31. The number of aryl methyl sites for hydroxylation is 1. The average molecular weight is 392 g/mol. The molecule has 0 spiro atoms. The zero-order chi connectivity index (χ0) is 19.7. The summed E-state index contributed by atoms with van der Waals surface area (Å²) in [5.74, 6) is 3.00. The molecular formula is C20H21N7S.